The van der Waals surface area contributed by atoms with E-state index in [9.17, 15) is 4.79 Å². The van der Waals surface area contributed by atoms with Crippen LogP contribution < -0.4 is 0 Å². The van der Waals surface area contributed by atoms with Crippen LogP contribution in [0.15, 0.2) is 71.3 Å². The number of carbonyl (C=O) groups is 1. The van der Waals surface area contributed by atoms with Gasteiger partial charge in [-0.2, -0.15) is 5.10 Å². The number of benzene rings is 3. The first kappa shape index (κ1) is 21.8. The van der Waals surface area contributed by atoms with Gasteiger partial charge >= 0.3 is 0 Å². The van der Waals surface area contributed by atoms with Crippen molar-refractivity contribution in [2.45, 2.75) is 25.8 Å². The zero-order chi connectivity index (χ0) is 24.2. The van der Waals surface area contributed by atoms with Crippen LogP contribution in [0.4, 0.5) is 0 Å². The van der Waals surface area contributed by atoms with Gasteiger partial charge in [0.25, 0.3) is 0 Å². The molecule has 6 nitrogen and oxygen atoms in total. The van der Waals surface area contributed by atoms with Crippen molar-refractivity contribution in [3.63, 3.8) is 0 Å². The van der Waals surface area contributed by atoms with E-state index in [1.54, 1.807) is 0 Å². The van der Waals surface area contributed by atoms with E-state index in [2.05, 4.69) is 90.2 Å². The van der Waals surface area contributed by atoms with E-state index in [0.29, 0.717) is 11.8 Å². The summed E-state index contributed by atoms with van der Waals surface area (Å²) >= 11 is 3.77. The van der Waals surface area contributed by atoms with Crippen LogP contribution >= 0.6 is 15.9 Å². The lowest BCUT2D eigenvalue weighted by atomic mass is 10.0. The fourth-order valence-corrected chi connectivity index (χ4v) is 6.07. The standard InChI is InChI=1S/C29H26BrN5O/c30-24-2-1-3-26-27(24)35(17-18-12-13-34(16-18)29(36)21-8-9-21)28(32-26)20-6-4-19(5-7-20)22-10-11-25-23(14-22)15-31-33-25/h1-7,10-11,14-15,18,21H,8-9,12-13,16-17H2,(H,31,33)/t18-/m0/s1. The monoisotopic (exact) mass is 539 g/mol. The van der Waals surface area contributed by atoms with Gasteiger partial charge in [0.2, 0.25) is 5.91 Å². The summed E-state index contributed by atoms with van der Waals surface area (Å²) in [6.45, 7) is 2.56. The summed E-state index contributed by atoms with van der Waals surface area (Å²) in [7, 11) is 0. The summed E-state index contributed by atoms with van der Waals surface area (Å²) in [5, 5.41) is 8.25. The van der Waals surface area contributed by atoms with Crippen LogP contribution in [0.5, 0.6) is 0 Å². The number of nitrogens with one attached hydrogen (secondary N) is 1. The van der Waals surface area contributed by atoms with E-state index < -0.39 is 0 Å². The van der Waals surface area contributed by atoms with Gasteiger partial charge in [-0.05, 0) is 76.5 Å². The smallest absolute Gasteiger partial charge is 0.225 e. The lowest BCUT2D eigenvalue weighted by Crippen LogP contribution is -2.30. The minimum atomic E-state index is 0.287. The van der Waals surface area contributed by atoms with Gasteiger partial charge in [0.15, 0.2) is 0 Å². The van der Waals surface area contributed by atoms with E-state index in [1.165, 1.54) is 0 Å². The normalized spacial score (nSPS) is 17.9. The van der Waals surface area contributed by atoms with Gasteiger partial charge in [0.05, 0.1) is 22.7 Å². The fraction of sp³-hybridized carbons (Fsp3) is 0.276. The Bertz CT molecular complexity index is 1600. The highest BCUT2D eigenvalue weighted by atomic mass is 79.9. The molecule has 1 saturated carbocycles. The van der Waals surface area contributed by atoms with E-state index in [1.807, 2.05) is 12.3 Å². The molecule has 3 aromatic carbocycles. The predicted molar refractivity (Wildman–Crippen MR) is 145 cm³/mol. The number of para-hydroxylation sites is 1. The van der Waals surface area contributed by atoms with Gasteiger partial charge in [-0.3, -0.25) is 9.89 Å². The molecule has 36 heavy (non-hydrogen) atoms. The maximum Gasteiger partial charge on any atom is 0.225 e. The molecule has 1 aliphatic carbocycles. The number of amides is 1. The molecule has 2 aliphatic rings. The van der Waals surface area contributed by atoms with Gasteiger partial charge in [-0.1, -0.05) is 36.4 Å². The van der Waals surface area contributed by atoms with Gasteiger partial charge in [-0.25, -0.2) is 4.98 Å². The molecule has 2 fully saturated rings. The first-order chi connectivity index (χ1) is 17.6. The largest absolute Gasteiger partial charge is 0.342 e. The Balaban J connectivity index is 1.22. The third-order valence-corrected chi connectivity index (χ3v) is 8.24. The second-order valence-corrected chi connectivity index (χ2v) is 11.0. The van der Waals surface area contributed by atoms with Gasteiger partial charge in [-0.15, -0.1) is 0 Å². The zero-order valence-electron chi connectivity index (χ0n) is 19.8. The molecule has 5 aromatic rings. The van der Waals surface area contributed by atoms with Crippen LogP contribution in [0.3, 0.4) is 0 Å². The number of halogens is 1. The van der Waals surface area contributed by atoms with Crippen molar-refractivity contribution in [1.29, 1.82) is 0 Å². The third-order valence-electron chi connectivity index (χ3n) is 7.60. The first-order valence-electron chi connectivity index (χ1n) is 12.6. The molecule has 0 bridgehead atoms. The van der Waals surface area contributed by atoms with E-state index in [0.717, 1.165) is 87.8 Å². The number of nitrogens with zero attached hydrogens (tertiary/aromatic N) is 4. The fourth-order valence-electron chi connectivity index (χ4n) is 5.50. The molecule has 7 heteroatoms. The molecule has 1 atom stereocenters. The van der Waals surface area contributed by atoms with Crippen molar-refractivity contribution in [2.75, 3.05) is 13.1 Å². The summed E-state index contributed by atoms with van der Waals surface area (Å²) in [5.74, 6) is 2.05. The summed E-state index contributed by atoms with van der Waals surface area (Å²) < 4.78 is 3.40. The molecule has 0 radical (unpaired) electrons. The number of H-pyrrole nitrogens is 1. The minimum absolute atomic E-state index is 0.287. The van der Waals surface area contributed by atoms with Gasteiger partial charge < -0.3 is 9.47 Å². The first-order valence-corrected chi connectivity index (χ1v) is 13.4. The minimum Gasteiger partial charge on any atom is -0.342 e. The van der Waals surface area contributed by atoms with Crippen molar-refractivity contribution in [1.82, 2.24) is 24.6 Å². The Labute approximate surface area is 217 Å². The number of aromatic nitrogens is 4. The SMILES string of the molecule is O=C(C1CC1)N1CC[C@H](Cn2c(-c3ccc(-c4ccc5[nH]ncc5c4)cc3)nc3cccc(Br)c32)C1. The van der Waals surface area contributed by atoms with Crippen LogP contribution in [0.25, 0.3) is 44.5 Å². The molecule has 7 rings (SSSR count). The van der Waals surface area contributed by atoms with Crippen LogP contribution in [0.1, 0.15) is 19.3 Å². The van der Waals surface area contributed by atoms with E-state index in [4.69, 9.17) is 4.98 Å². The maximum absolute atomic E-state index is 12.6. The number of imidazole rings is 1. The van der Waals surface area contributed by atoms with Crippen LogP contribution in [0.2, 0.25) is 0 Å². The Hall–Kier alpha value is -3.45. The average Bonchev–Trinajstić information content (AvgIpc) is 3.29. The highest BCUT2D eigenvalue weighted by Crippen LogP contribution is 2.35. The molecular weight excluding hydrogens is 514 g/mol. The summed E-state index contributed by atoms with van der Waals surface area (Å²) in [4.78, 5) is 19.8. The number of hydrogen-bond donors (Lipinski definition) is 1. The van der Waals surface area contributed by atoms with Crippen LogP contribution in [-0.2, 0) is 11.3 Å². The lowest BCUT2D eigenvalue weighted by molar-refractivity contribution is -0.131. The number of likely N-dealkylation sites (tertiary alicyclic amines) is 1. The summed E-state index contributed by atoms with van der Waals surface area (Å²) in [6, 6.07) is 21.2. The maximum atomic E-state index is 12.6. The third kappa shape index (κ3) is 3.82. The van der Waals surface area contributed by atoms with Gasteiger partial charge in [0, 0.05) is 41.0 Å². The average molecular weight is 540 g/mol. The van der Waals surface area contributed by atoms with Crippen molar-refractivity contribution in [3.8, 4) is 22.5 Å². The highest BCUT2D eigenvalue weighted by Gasteiger charge is 2.36. The van der Waals surface area contributed by atoms with Gasteiger partial charge in [0.1, 0.15) is 5.82 Å². The Morgan fingerprint density at radius 3 is 2.64 bits per heavy atom. The molecule has 1 saturated heterocycles. The predicted octanol–water partition coefficient (Wildman–Crippen LogP) is 6.27. The molecule has 1 aliphatic heterocycles. The second-order valence-electron chi connectivity index (χ2n) is 10.1. The zero-order valence-corrected chi connectivity index (χ0v) is 21.4. The number of aromatic amines is 1. The Kier molecular flexibility index (Phi) is 5.20. The molecule has 3 heterocycles. The number of fused-ring (bicyclic) bond motifs is 2. The van der Waals surface area contributed by atoms with Crippen molar-refractivity contribution in [2.24, 2.45) is 11.8 Å². The number of rotatable bonds is 5. The highest BCUT2D eigenvalue weighted by molar-refractivity contribution is 9.10. The van der Waals surface area contributed by atoms with Crippen molar-refractivity contribution in [3.05, 3.63) is 71.3 Å². The van der Waals surface area contributed by atoms with Crippen molar-refractivity contribution >= 4 is 43.8 Å². The van der Waals surface area contributed by atoms with Crippen LogP contribution in [0, 0.1) is 11.8 Å². The molecule has 180 valence electrons. The molecule has 1 amide bonds. The Morgan fingerprint density at radius 1 is 1.00 bits per heavy atom. The molecule has 0 spiro atoms. The Morgan fingerprint density at radius 2 is 1.81 bits per heavy atom. The van der Waals surface area contributed by atoms with Crippen molar-refractivity contribution < 1.29 is 4.79 Å². The van der Waals surface area contributed by atoms with E-state index in [-0.39, 0.29) is 5.92 Å². The van der Waals surface area contributed by atoms with Crippen LogP contribution in [-0.4, -0.2) is 43.6 Å². The molecular formula is C29H26BrN5O. The summed E-state index contributed by atoms with van der Waals surface area (Å²) in [5.41, 5.74) is 6.56. The summed E-state index contributed by atoms with van der Waals surface area (Å²) in [6.07, 6.45) is 5.03. The van der Waals surface area contributed by atoms with E-state index >= 15 is 0 Å². The second kappa shape index (κ2) is 8.59. The number of hydrogen-bond acceptors (Lipinski definition) is 3. The topological polar surface area (TPSA) is 66.8 Å². The quantitative estimate of drug-likeness (QED) is 0.286. The molecule has 0 unspecified atom stereocenters. The molecule has 2 aromatic heterocycles. The molecule has 1 N–H and O–H groups in total. The lowest BCUT2D eigenvalue weighted by Gasteiger charge is -2.18. The number of carbonyl (C=O) groups excluding carboxylic acids is 1.